The van der Waals surface area contributed by atoms with E-state index in [0.29, 0.717) is 0 Å². The zero-order valence-corrected chi connectivity index (χ0v) is 13.6. The van der Waals surface area contributed by atoms with E-state index in [1.165, 1.54) is 7.11 Å². The Bertz CT molecular complexity index is 778. The van der Waals surface area contributed by atoms with Crippen molar-refractivity contribution in [1.29, 1.82) is 0 Å². The monoisotopic (exact) mass is 368 g/mol. The second-order valence-electron chi connectivity index (χ2n) is 4.49. The predicted molar refractivity (Wildman–Crippen MR) is 88.4 cm³/mol. The maximum atomic E-state index is 11.1. The number of carboxylic acids is 1. The number of carbonyl (C=O) groups excluding carboxylic acids is 1. The normalized spacial score (nSPS) is 15.4. The molecule has 2 N–H and O–H groups in total. The zero-order valence-electron chi connectivity index (χ0n) is 12.8. The largest absolute Gasteiger partial charge is 0.493 e. The number of benzene rings is 1. The number of hydrogen-bond acceptors (Lipinski definition) is 9. The highest BCUT2D eigenvalue weighted by Gasteiger charge is 2.19. The first-order chi connectivity index (χ1) is 11.9. The van der Waals surface area contributed by atoms with Crippen molar-refractivity contribution >= 4 is 40.7 Å². The molecule has 0 saturated carbocycles. The molecule has 1 aromatic carbocycles. The SMILES string of the molecule is COc1cc([N+](=O)[O-])cc(C=NN=C2NC(=O)CS2)c1OCC(=O)O. The van der Waals surface area contributed by atoms with Crippen LogP contribution < -0.4 is 14.8 Å². The summed E-state index contributed by atoms with van der Waals surface area (Å²) in [5.74, 6) is -1.25. The quantitative estimate of drug-likeness (QED) is 0.403. The van der Waals surface area contributed by atoms with Crippen LogP contribution in [-0.2, 0) is 9.59 Å². The number of nitro benzene ring substituents is 1. The number of rotatable bonds is 7. The third-order valence-corrected chi connectivity index (χ3v) is 3.63. The van der Waals surface area contributed by atoms with Crippen molar-refractivity contribution < 1.29 is 29.1 Å². The molecule has 2 rings (SSSR count). The summed E-state index contributed by atoms with van der Waals surface area (Å²) in [7, 11) is 1.26. The van der Waals surface area contributed by atoms with E-state index in [9.17, 15) is 19.7 Å². The van der Waals surface area contributed by atoms with Gasteiger partial charge in [0.1, 0.15) is 0 Å². The molecule has 132 valence electrons. The van der Waals surface area contributed by atoms with Crippen LogP contribution in [0, 0.1) is 10.1 Å². The van der Waals surface area contributed by atoms with E-state index in [2.05, 4.69) is 15.5 Å². The van der Waals surface area contributed by atoms with Gasteiger partial charge in [-0.25, -0.2) is 4.79 Å². The fraction of sp³-hybridized carbons (Fsp3) is 0.231. The summed E-state index contributed by atoms with van der Waals surface area (Å²) in [4.78, 5) is 32.1. The third-order valence-electron chi connectivity index (χ3n) is 2.77. The Morgan fingerprint density at radius 1 is 1.56 bits per heavy atom. The van der Waals surface area contributed by atoms with Crippen LogP contribution in [0.25, 0.3) is 0 Å². The number of hydrogen-bond donors (Lipinski definition) is 2. The lowest BCUT2D eigenvalue weighted by atomic mass is 10.1. The number of methoxy groups -OCH3 is 1. The number of non-ortho nitro benzene ring substituents is 1. The first-order valence-electron chi connectivity index (χ1n) is 6.65. The molecule has 0 unspecified atom stereocenters. The van der Waals surface area contributed by atoms with E-state index >= 15 is 0 Å². The van der Waals surface area contributed by atoms with Gasteiger partial charge < -0.3 is 19.9 Å². The highest BCUT2D eigenvalue weighted by Crippen LogP contribution is 2.35. The van der Waals surface area contributed by atoms with E-state index in [1.807, 2.05) is 0 Å². The Hall–Kier alpha value is -3.15. The van der Waals surface area contributed by atoms with Crippen LogP contribution in [0.15, 0.2) is 22.3 Å². The maximum absolute atomic E-state index is 11.1. The summed E-state index contributed by atoms with van der Waals surface area (Å²) < 4.78 is 10.2. The molecule has 1 saturated heterocycles. The van der Waals surface area contributed by atoms with Gasteiger partial charge in [0.15, 0.2) is 23.3 Å². The van der Waals surface area contributed by atoms with Crippen molar-refractivity contribution in [2.45, 2.75) is 0 Å². The Kier molecular flexibility index (Phi) is 5.89. The van der Waals surface area contributed by atoms with Crippen molar-refractivity contribution in [3.05, 3.63) is 27.8 Å². The molecule has 0 aliphatic carbocycles. The maximum Gasteiger partial charge on any atom is 0.341 e. The summed E-state index contributed by atoms with van der Waals surface area (Å²) >= 11 is 1.15. The molecule has 1 aromatic rings. The van der Waals surface area contributed by atoms with Gasteiger partial charge >= 0.3 is 5.97 Å². The van der Waals surface area contributed by atoms with E-state index in [4.69, 9.17) is 14.6 Å². The number of thioether (sulfide) groups is 1. The molecular weight excluding hydrogens is 356 g/mol. The third kappa shape index (κ3) is 4.91. The predicted octanol–water partition coefficient (Wildman–Crippen LogP) is 0.620. The lowest BCUT2D eigenvalue weighted by Gasteiger charge is -2.11. The highest BCUT2D eigenvalue weighted by atomic mass is 32.2. The number of amides is 1. The first kappa shape index (κ1) is 18.2. The van der Waals surface area contributed by atoms with Gasteiger partial charge in [0.25, 0.3) is 5.69 Å². The fourth-order valence-corrected chi connectivity index (χ4v) is 2.40. The van der Waals surface area contributed by atoms with E-state index < -0.39 is 17.5 Å². The Labute approximate surface area is 144 Å². The van der Waals surface area contributed by atoms with Gasteiger partial charge in [-0.3, -0.25) is 14.9 Å². The number of nitro groups is 1. The summed E-state index contributed by atoms with van der Waals surface area (Å²) in [6.45, 7) is -0.671. The zero-order chi connectivity index (χ0) is 18.4. The summed E-state index contributed by atoms with van der Waals surface area (Å²) in [5.41, 5.74) is -0.192. The lowest BCUT2D eigenvalue weighted by molar-refractivity contribution is -0.385. The topological polar surface area (TPSA) is 153 Å². The van der Waals surface area contributed by atoms with Crippen molar-refractivity contribution in [2.75, 3.05) is 19.5 Å². The van der Waals surface area contributed by atoms with Gasteiger partial charge in [-0.15, -0.1) is 5.10 Å². The molecule has 0 aromatic heterocycles. The molecule has 25 heavy (non-hydrogen) atoms. The number of nitrogens with zero attached hydrogens (tertiary/aromatic N) is 3. The molecule has 1 heterocycles. The van der Waals surface area contributed by atoms with Gasteiger partial charge in [-0.2, -0.15) is 5.10 Å². The number of amidine groups is 1. The molecule has 0 atom stereocenters. The molecule has 11 nitrogen and oxygen atoms in total. The smallest absolute Gasteiger partial charge is 0.341 e. The van der Waals surface area contributed by atoms with Crippen molar-refractivity contribution in [1.82, 2.24) is 5.32 Å². The average molecular weight is 368 g/mol. The second-order valence-corrected chi connectivity index (χ2v) is 5.46. The summed E-state index contributed by atoms with van der Waals surface area (Å²) in [5, 5.41) is 30.0. The minimum absolute atomic E-state index is 0.0203. The van der Waals surface area contributed by atoms with Crippen molar-refractivity contribution in [2.24, 2.45) is 10.2 Å². The van der Waals surface area contributed by atoms with Crippen molar-refractivity contribution in [3.63, 3.8) is 0 Å². The van der Waals surface area contributed by atoms with Crippen LogP contribution in [0.3, 0.4) is 0 Å². The standard InChI is InChI=1S/C13H12N4O7S/c1-23-9-3-8(17(21)22)2-7(12(9)24-5-11(19)20)4-14-16-13-15-10(18)6-25-13/h2-4H,5-6H2,1H3,(H,19,20)(H,15,16,18). The van der Waals surface area contributed by atoms with Crippen LogP contribution in [0.2, 0.25) is 0 Å². The van der Waals surface area contributed by atoms with E-state index in [0.717, 1.165) is 30.1 Å². The Morgan fingerprint density at radius 2 is 2.32 bits per heavy atom. The van der Waals surface area contributed by atoms with Gasteiger partial charge in [0.2, 0.25) is 5.91 Å². The Balaban J connectivity index is 2.37. The fourth-order valence-electron chi connectivity index (χ4n) is 1.77. The lowest BCUT2D eigenvalue weighted by Crippen LogP contribution is -2.19. The molecule has 0 bridgehead atoms. The number of nitrogens with one attached hydrogen (secondary N) is 1. The number of carboxylic acid groups (broad SMARTS) is 1. The molecule has 1 amide bonds. The molecular formula is C13H12N4O7S. The molecule has 1 aliphatic rings. The van der Waals surface area contributed by atoms with Gasteiger partial charge in [0, 0.05) is 11.6 Å². The minimum atomic E-state index is -1.23. The summed E-state index contributed by atoms with van der Waals surface area (Å²) in [6, 6.07) is 2.25. The van der Waals surface area contributed by atoms with E-state index in [1.54, 1.807) is 0 Å². The molecule has 12 heteroatoms. The first-order valence-corrected chi connectivity index (χ1v) is 7.64. The van der Waals surface area contributed by atoms with Crippen molar-refractivity contribution in [3.8, 4) is 11.5 Å². The Morgan fingerprint density at radius 3 is 2.88 bits per heavy atom. The van der Waals surface area contributed by atoms with Gasteiger partial charge in [-0.05, 0) is 0 Å². The molecule has 0 spiro atoms. The molecule has 1 fully saturated rings. The van der Waals surface area contributed by atoms with Crippen LogP contribution in [0.4, 0.5) is 5.69 Å². The molecule has 1 aliphatic heterocycles. The van der Waals surface area contributed by atoms with E-state index in [-0.39, 0.29) is 39.6 Å². The molecule has 0 radical (unpaired) electrons. The van der Waals surface area contributed by atoms with Crippen LogP contribution in [0.5, 0.6) is 11.5 Å². The van der Waals surface area contributed by atoms with Gasteiger partial charge in [-0.1, -0.05) is 11.8 Å². The second kappa shape index (κ2) is 8.10. The van der Waals surface area contributed by atoms with Crippen LogP contribution in [0.1, 0.15) is 5.56 Å². The highest BCUT2D eigenvalue weighted by molar-refractivity contribution is 8.15. The van der Waals surface area contributed by atoms with Crippen LogP contribution in [-0.4, -0.2) is 52.8 Å². The minimum Gasteiger partial charge on any atom is -0.493 e. The average Bonchev–Trinajstić information content (AvgIpc) is 2.97. The number of carbonyl (C=O) groups is 2. The van der Waals surface area contributed by atoms with Crippen LogP contribution >= 0.6 is 11.8 Å². The summed E-state index contributed by atoms with van der Waals surface area (Å²) in [6.07, 6.45) is 1.14. The van der Waals surface area contributed by atoms with Gasteiger partial charge in [0.05, 0.1) is 30.1 Å². The number of ether oxygens (including phenoxy) is 2. The number of aliphatic carboxylic acids is 1.